The lowest BCUT2D eigenvalue weighted by Gasteiger charge is -2.14. The maximum absolute atomic E-state index is 13.9. The van der Waals surface area contributed by atoms with E-state index in [-0.39, 0.29) is 6.61 Å². The lowest BCUT2D eigenvalue weighted by atomic mass is 10.2. The minimum atomic E-state index is -0.410. The van der Waals surface area contributed by atoms with Crippen molar-refractivity contribution in [2.45, 2.75) is 13.2 Å². The van der Waals surface area contributed by atoms with Gasteiger partial charge in [0.05, 0.1) is 12.1 Å². The van der Waals surface area contributed by atoms with Gasteiger partial charge in [0.15, 0.2) is 11.5 Å². The molecule has 0 aliphatic carbocycles. The van der Waals surface area contributed by atoms with Crippen LogP contribution >= 0.6 is 34.8 Å². The molecule has 0 bridgehead atoms. The molecule has 3 aromatic carbocycles. The molecule has 0 aromatic heterocycles. The Bertz CT molecular complexity index is 941. The van der Waals surface area contributed by atoms with E-state index >= 15 is 0 Å². The van der Waals surface area contributed by atoms with Gasteiger partial charge < -0.3 is 14.8 Å². The number of ether oxygens (including phenoxy) is 2. The van der Waals surface area contributed by atoms with Gasteiger partial charge in [0.1, 0.15) is 12.4 Å². The smallest absolute Gasteiger partial charge is 0.161 e. The summed E-state index contributed by atoms with van der Waals surface area (Å²) in [7, 11) is 1.55. The normalized spacial score (nSPS) is 10.6. The quantitative estimate of drug-likeness (QED) is 0.429. The molecular weight excluding hydrogens is 424 g/mol. The van der Waals surface area contributed by atoms with Crippen LogP contribution in [-0.2, 0) is 13.2 Å². The number of rotatable bonds is 7. The highest BCUT2D eigenvalue weighted by Gasteiger charge is 2.11. The highest BCUT2D eigenvalue weighted by molar-refractivity contribution is 6.35. The van der Waals surface area contributed by atoms with Gasteiger partial charge in [-0.2, -0.15) is 0 Å². The third kappa shape index (κ3) is 5.22. The van der Waals surface area contributed by atoms with Gasteiger partial charge in [0, 0.05) is 27.8 Å². The fourth-order valence-electron chi connectivity index (χ4n) is 2.62. The van der Waals surface area contributed by atoms with E-state index in [2.05, 4.69) is 5.32 Å². The minimum Gasteiger partial charge on any atom is -0.493 e. The summed E-state index contributed by atoms with van der Waals surface area (Å²) in [6, 6.07) is 15.3. The van der Waals surface area contributed by atoms with Crippen molar-refractivity contribution in [3.8, 4) is 11.5 Å². The Morgan fingerprint density at radius 2 is 1.68 bits per heavy atom. The van der Waals surface area contributed by atoms with Crippen LogP contribution in [0.2, 0.25) is 15.1 Å². The highest BCUT2D eigenvalue weighted by Crippen LogP contribution is 2.31. The average molecular weight is 441 g/mol. The molecule has 3 nitrogen and oxygen atoms in total. The summed E-state index contributed by atoms with van der Waals surface area (Å²) in [6.07, 6.45) is 0. The zero-order valence-electron chi connectivity index (χ0n) is 14.9. The van der Waals surface area contributed by atoms with Crippen LogP contribution < -0.4 is 14.8 Å². The first kappa shape index (κ1) is 20.6. The van der Waals surface area contributed by atoms with Gasteiger partial charge in [0.2, 0.25) is 0 Å². The summed E-state index contributed by atoms with van der Waals surface area (Å²) in [5.41, 5.74) is 2.07. The molecule has 0 heterocycles. The van der Waals surface area contributed by atoms with E-state index < -0.39 is 5.82 Å². The third-order valence-corrected chi connectivity index (χ3v) is 4.81. The molecular formula is C21H17Cl3FNO2. The Balaban J connectivity index is 1.69. The van der Waals surface area contributed by atoms with E-state index in [1.807, 2.05) is 12.1 Å². The number of nitrogens with one attached hydrogen (secondary N) is 1. The van der Waals surface area contributed by atoms with Crippen molar-refractivity contribution in [2.75, 3.05) is 12.4 Å². The fourth-order valence-corrected chi connectivity index (χ4v) is 3.36. The molecule has 146 valence electrons. The summed E-state index contributed by atoms with van der Waals surface area (Å²) >= 11 is 18.1. The van der Waals surface area contributed by atoms with Crippen LogP contribution in [-0.4, -0.2) is 7.11 Å². The van der Waals surface area contributed by atoms with Gasteiger partial charge in [-0.05, 0) is 48.0 Å². The number of benzene rings is 3. The van der Waals surface area contributed by atoms with Crippen LogP contribution in [0, 0.1) is 5.82 Å². The number of halogens is 4. The Morgan fingerprint density at radius 3 is 2.36 bits per heavy atom. The lowest BCUT2D eigenvalue weighted by molar-refractivity contribution is 0.279. The molecule has 0 saturated heterocycles. The second kappa shape index (κ2) is 9.37. The molecule has 7 heteroatoms. The van der Waals surface area contributed by atoms with Crippen molar-refractivity contribution in [3.63, 3.8) is 0 Å². The first-order valence-electron chi connectivity index (χ1n) is 8.39. The Hall–Kier alpha value is -2.14. The standard InChI is InChI=1S/C21H17Cl3FNO2/c1-27-21-7-13(11-26-16-9-14(22)8-15(23)10-16)5-6-20(21)28-12-17-18(24)3-2-4-19(17)25/h2-10,26H,11-12H2,1H3. The van der Waals surface area contributed by atoms with Crippen LogP contribution in [0.4, 0.5) is 10.1 Å². The molecule has 0 spiro atoms. The minimum absolute atomic E-state index is 0.000473. The van der Waals surface area contributed by atoms with E-state index in [1.165, 1.54) is 6.07 Å². The van der Waals surface area contributed by atoms with Gasteiger partial charge >= 0.3 is 0 Å². The van der Waals surface area contributed by atoms with Gasteiger partial charge in [0.25, 0.3) is 0 Å². The summed E-state index contributed by atoms with van der Waals surface area (Å²) < 4.78 is 25.0. The van der Waals surface area contributed by atoms with E-state index in [0.717, 1.165) is 11.3 Å². The van der Waals surface area contributed by atoms with Crippen molar-refractivity contribution in [1.82, 2.24) is 0 Å². The van der Waals surface area contributed by atoms with Crippen LogP contribution in [0.5, 0.6) is 11.5 Å². The van der Waals surface area contributed by atoms with E-state index in [9.17, 15) is 4.39 Å². The molecule has 0 amide bonds. The number of anilines is 1. The van der Waals surface area contributed by atoms with E-state index in [0.29, 0.717) is 38.7 Å². The number of hydrogen-bond donors (Lipinski definition) is 1. The lowest BCUT2D eigenvalue weighted by Crippen LogP contribution is -2.03. The predicted octanol–water partition coefficient (Wildman–Crippen LogP) is 6.99. The van der Waals surface area contributed by atoms with Crippen LogP contribution in [0.3, 0.4) is 0 Å². The molecule has 3 aromatic rings. The maximum Gasteiger partial charge on any atom is 0.161 e. The Labute approximate surface area is 177 Å². The SMILES string of the molecule is COc1cc(CNc2cc(Cl)cc(Cl)c2)ccc1OCc1c(F)cccc1Cl. The van der Waals surface area contributed by atoms with Crippen molar-refractivity contribution in [1.29, 1.82) is 0 Å². The zero-order valence-corrected chi connectivity index (χ0v) is 17.2. The van der Waals surface area contributed by atoms with Crippen LogP contribution in [0.25, 0.3) is 0 Å². The maximum atomic E-state index is 13.9. The van der Waals surface area contributed by atoms with Crippen LogP contribution in [0.15, 0.2) is 54.6 Å². The monoisotopic (exact) mass is 439 g/mol. The van der Waals surface area contributed by atoms with Gasteiger partial charge in [-0.1, -0.05) is 46.9 Å². The van der Waals surface area contributed by atoms with Gasteiger partial charge in [-0.15, -0.1) is 0 Å². The second-order valence-corrected chi connectivity index (χ2v) is 7.27. The summed E-state index contributed by atoms with van der Waals surface area (Å²) in [5, 5.41) is 4.69. The van der Waals surface area contributed by atoms with Crippen molar-refractivity contribution in [2.24, 2.45) is 0 Å². The zero-order chi connectivity index (χ0) is 20.1. The molecule has 1 N–H and O–H groups in total. The predicted molar refractivity (Wildman–Crippen MR) is 113 cm³/mol. The molecule has 3 rings (SSSR count). The molecule has 0 atom stereocenters. The Morgan fingerprint density at radius 1 is 0.929 bits per heavy atom. The molecule has 0 aliphatic rings. The highest BCUT2D eigenvalue weighted by atomic mass is 35.5. The summed E-state index contributed by atoms with van der Waals surface area (Å²) in [6.45, 7) is 0.535. The second-order valence-electron chi connectivity index (χ2n) is 5.99. The molecule has 0 unspecified atom stereocenters. The van der Waals surface area contributed by atoms with Gasteiger partial charge in [-0.25, -0.2) is 4.39 Å². The molecule has 0 fully saturated rings. The van der Waals surface area contributed by atoms with Crippen molar-refractivity contribution >= 4 is 40.5 Å². The topological polar surface area (TPSA) is 30.5 Å². The third-order valence-electron chi connectivity index (χ3n) is 4.02. The number of methoxy groups -OCH3 is 1. The van der Waals surface area contributed by atoms with E-state index in [4.69, 9.17) is 44.3 Å². The van der Waals surface area contributed by atoms with Gasteiger partial charge in [-0.3, -0.25) is 0 Å². The molecule has 0 radical (unpaired) electrons. The summed E-state index contributed by atoms with van der Waals surface area (Å²) in [4.78, 5) is 0. The number of hydrogen-bond acceptors (Lipinski definition) is 3. The van der Waals surface area contributed by atoms with Crippen LogP contribution in [0.1, 0.15) is 11.1 Å². The van der Waals surface area contributed by atoms with Crippen molar-refractivity contribution < 1.29 is 13.9 Å². The first-order valence-corrected chi connectivity index (χ1v) is 9.52. The molecule has 0 aliphatic heterocycles. The molecule has 28 heavy (non-hydrogen) atoms. The fraction of sp³-hybridized carbons (Fsp3) is 0.143. The first-order chi connectivity index (χ1) is 13.5. The average Bonchev–Trinajstić information content (AvgIpc) is 2.65. The summed E-state index contributed by atoms with van der Waals surface area (Å²) in [5.74, 6) is 0.625. The molecule has 0 saturated carbocycles. The van der Waals surface area contributed by atoms with Crippen molar-refractivity contribution in [3.05, 3.63) is 86.6 Å². The Kier molecular flexibility index (Phi) is 6.89. The van der Waals surface area contributed by atoms with E-state index in [1.54, 1.807) is 43.5 Å². The largest absolute Gasteiger partial charge is 0.493 e.